The molecule has 0 saturated carbocycles. The predicted octanol–water partition coefficient (Wildman–Crippen LogP) is 3.49. The van der Waals surface area contributed by atoms with Crippen LogP contribution in [0.1, 0.15) is 11.1 Å². The summed E-state index contributed by atoms with van der Waals surface area (Å²) in [5.41, 5.74) is 2.92. The number of aryl methyl sites for hydroxylation is 1. The number of rotatable bonds is 3. The van der Waals surface area contributed by atoms with Gasteiger partial charge in [-0.15, -0.1) is 0 Å². The summed E-state index contributed by atoms with van der Waals surface area (Å²) in [6.07, 6.45) is 0.259. The van der Waals surface area contributed by atoms with Gasteiger partial charge in [-0.3, -0.25) is 4.79 Å². The number of anilines is 1. The Morgan fingerprint density at radius 2 is 2.00 bits per heavy atom. The second kappa shape index (κ2) is 5.54. The standard InChI is InChI=1S/C16H14N2O2S/c1-10-2-7-13-14(8-10)21-16(17-13)18-15(20)9-11-3-5-12(19)6-4-11/h2-8,19H,9H2,1H3,(H,17,18,20). The minimum atomic E-state index is -0.114. The second-order valence-electron chi connectivity index (χ2n) is 4.88. The molecule has 0 bridgehead atoms. The van der Waals surface area contributed by atoms with Gasteiger partial charge in [0, 0.05) is 0 Å². The third-order valence-corrected chi connectivity index (χ3v) is 4.02. The number of benzene rings is 2. The summed E-state index contributed by atoms with van der Waals surface area (Å²) >= 11 is 1.47. The number of phenolic OH excluding ortho intramolecular Hbond substituents is 1. The molecule has 2 aromatic carbocycles. The zero-order valence-corrected chi connectivity index (χ0v) is 12.3. The van der Waals surface area contributed by atoms with Gasteiger partial charge in [-0.2, -0.15) is 0 Å². The van der Waals surface area contributed by atoms with E-state index in [-0.39, 0.29) is 18.1 Å². The molecule has 5 heteroatoms. The van der Waals surface area contributed by atoms with Crippen molar-refractivity contribution in [3.63, 3.8) is 0 Å². The monoisotopic (exact) mass is 298 g/mol. The minimum absolute atomic E-state index is 0.114. The number of carbonyl (C=O) groups excluding carboxylic acids is 1. The molecule has 3 aromatic rings. The molecule has 0 fully saturated rings. The Morgan fingerprint density at radius 3 is 2.76 bits per heavy atom. The van der Waals surface area contributed by atoms with Crippen molar-refractivity contribution < 1.29 is 9.90 Å². The molecule has 1 heterocycles. The second-order valence-corrected chi connectivity index (χ2v) is 5.91. The molecule has 0 unspecified atom stereocenters. The lowest BCUT2D eigenvalue weighted by atomic mass is 10.1. The summed E-state index contributed by atoms with van der Waals surface area (Å²) in [6, 6.07) is 12.6. The first kappa shape index (κ1) is 13.6. The van der Waals surface area contributed by atoms with Gasteiger partial charge in [0.1, 0.15) is 5.75 Å². The molecule has 4 nitrogen and oxygen atoms in total. The van der Waals surface area contributed by atoms with Gasteiger partial charge in [0.15, 0.2) is 5.13 Å². The highest BCUT2D eigenvalue weighted by Crippen LogP contribution is 2.26. The molecule has 1 aromatic heterocycles. The van der Waals surface area contributed by atoms with Gasteiger partial charge < -0.3 is 10.4 Å². The zero-order chi connectivity index (χ0) is 14.8. The normalized spacial score (nSPS) is 10.7. The van der Waals surface area contributed by atoms with E-state index in [1.54, 1.807) is 24.3 Å². The Morgan fingerprint density at radius 1 is 1.24 bits per heavy atom. The van der Waals surface area contributed by atoms with Crippen LogP contribution in [-0.4, -0.2) is 16.0 Å². The molecular weight excluding hydrogens is 284 g/mol. The number of aromatic nitrogens is 1. The van der Waals surface area contributed by atoms with Crippen molar-refractivity contribution in [3.8, 4) is 5.75 Å². The van der Waals surface area contributed by atoms with Gasteiger partial charge in [-0.25, -0.2) is 4.98 Å². The van der Waals surface area contributed by atoms with Crippen LogP contribution < -0.4 is 5.32 Å². The van der Waals surface area contributed by atoms with Crippen LogP contribution in [0.4, 0.5) is 5.13 Å². The third-order valence-electron chi connectivity index (χ3n) is 3.09. The Bertz CT molecular complexity index is 794. The molecule has 0 atom stereocenters. The maximum atomic E-state index is 12.0. The topological polar surface area (TPSA) is 62.2 Å². The molecular formula is C16H14N2O2S. The fourth-order valence-electron chi connectivity index (χ4n) is 2.05. The summed E-state index contributed by atoms with van der Waals surface area (Å²) in [5, 5.41) is 12.7. The number of nitrogens with one attached hydrogen (secondary N) is 1. The van der Waals surface area contributed by atoms with E-state index in [1.165, 1.54) is 16.9 Å². The smallest absolute Gasteiger partial charge is 0.230 e. The van der Waals surface area contributed by atoms with Crippen molar-refractivity contribution in [1.29, 1.82) is 0 Å². The van der Waals surface area contributed by atoms with Crippen LogP contribution in [0, 0.1) is 6.92 Å². The number of aromatic hydroxyl groups is 1. The van der Waals surface area contributed by atoms with E-state index in [0.29, 0.717) is 5.13 Å². The maximum Gasteiger partial charge on any atom is 0.230 e. The maximum absolute atomic E-state index is 12.0. The number of fused-ring (bicyclic) bond motifs is 1. The number of hydrogen-bond donors (Lipinski definition) is 2. The minimum Gasteiger partial charge on any atom is -0.508 e. The number of carbonyl (C=O) groups is 1. The molecule has 0 radical (unpaired) electrons. The van der Waals surface area contributed by atoms with E-state index >= 15 is 0 Å². The van der Waals surface area contributed by atoms with Gasteiger partial charge in [0.05, 0.1) is 16.6 Å². The predicted molar refractivity (Wildman–Crippen MR) is 84.8 cm³/mol. The van der Waals surface area contributed by atoms with E-state index in [2.05, 4.69) is 16.4 Å². The molecule has 2 N–H and O–H groups in total. The summed E-state index contributed by atoms with van der Waals surface area (Å²) in [4.78, 5) is 16.4. The van der Waals surface area contributed by atoms with Crippen molar-refractivity contribution >= 4 is 32.6 Å². The molecule has 0 aliphatic heterocycles. The van der Waals surface area contributed by atoms with E-state index < -0.39 is 0 Å². The summed E-state index contributed by atoms with van der Waals surface area (Å²) < 4.78 is 1.06. The third kappa shape index (κ3) is 3.20. The molecule has 0 aliphatic carbocycles. The number of hydrogen-bond acceptors (Lipinski definition) is 4. The highest BCUT2D eigenvalue weighted by Gasteiger charge is 2.08. The van der Waals surface area contributed by atoms with Crippen LogP contribution in [-0.2, 0) is 11.2 Å². The van der Waals surface area contributed by atoms with Gasteiger partial charge in [0.25, 0.3) is 0 Å². The Labute approximate surface area is 126 Å². The van der Waals surface area contributed by atoms with Crippen LogP contribution in [0.3, 0.4) is 0 Å². The van der Waals surface area contributed by atoms with Crippen LogP contribution >= 0.6 is 11.3 Å². The van der Waals surface area contributed by atoms with E-state index in [4.69, 9.17) is 0 Å². The van der Waals surface area contributed by atoms with E-state index in [0.717, 1.165) is 15.8 Å². The van der Waals surface area contributed by atoms with Crippen LogP contribution in [0.25, 0.3) is 10.2 Å². The van der Waals surface area contributed by atoms with Gasteiger partial charge in [0.2, 0.25) is 5.91 Å². The average molecular weight is 298 g/mol. The highest BCUT2D eigenvalue weighted by atomic mass is 32.1. The first-order chi connectivity index (χ1) is 10.1. The molecule has 3 rings (SSSR count). The Kier molecular flexibility index (Phi) is 3.58. The fraction of sp³-hybridized carbons (Fsp3) is 0.125. The van der Waals surface area contributed by atoms with Crippen molar-refractivity contribution in [2.75, 3.05) is 5.32 Å². The lowest BCUT2D eigenvalue weighted by molar-refractivity contribution is -0.115. The average Bonchev–Trinajstić information content (AvgIpc) is 2.82. The van der Waals surface area contributed by atoms with Crippen LogP contribution in [0.15, 0.2) is 42.5 Å². The molecule has 106 valence electrons. The SMILES string of the molecule is Cc1ccc2nc(NC(=O)Cc3ccc(O)cc3)sc2c1. The molecule has 0 aliphatic rings. The quantitative estimate of drug-likeness (QED) is 0.778. The highest BCUT2D eigenvalue weighted by molar-refractivity contribution is 7.22. The van der Waals surface area contributed by atoms with Crippen molar-refractivity contribution in [2.45, 2.75) is 13.3 Å². The summed E-state index contributed by atoms with van der Waals surface area (Å²) in [5.74, 6) is 0.0807. The number of amides is 1. The molecule has 0 saturated heterocycles. The Hall–Kier alpha value is -2.40. The fourth-order valence-corrected chi connectivity index (χ4v) is 3.03. The Balaban J connectivity index is 1.72. The van der Waals surface area contributed by atoms with Crippen LogP contribution in [0.5, 0.6) is 5.75 Å². The molecule has 0 spiro atoms. The van der Waals surface area contributed by atoms with Crippen molar-refractivity contribution in [1.82, 2.24) is 4.98 Å². The van der Waals surface area contributed by atoms with Gasteiger partial charge >= 0.3 is 0 Å². The largest absolute Gasteiger partial charge is 0.508 e. The number of phenols is 1. The van der Waals surface area contributed by atoms with Crippen molar-refractivity contribution in [3.05, 3.63) is 53.6 Å². The zero-order valence-electron chi connectivity index (χ0n) is 11.5. The number of nitrogens with zero attached hydrogens (tertiary/aromatic N) is 1. The first-order valence-corrected chi connectivity index (χ1v) is 7.37. The lowest BCUT2D eigenvalue weighted by Gasteiger charge is -2.02. The van der Waals surface area contributed by atoms with Gasteiger partial charge in [-0.05, 0) is 42.3 Å². The first-order valence-electron chi connectivity index (χ1n) is 6.55. The molecule has 1 amide bonds. The summed E-state index contributed by atoms with van der Waals surface area (Å²) in [6.45, 7) is 2.03. The van der Waals surface area contributed by atoms with Crippen molar-refractivity contribution in [2.24, 2.45) is 0 Å². The number of thiazole rings is 1. The van der Waals surface area contributed by atoms with E-state index in [9.17, 15) is 9.90 Å². The molecule has 21 heavy (non-hydrogen) atoms. The lowest BCUT2D eigenvalue weighted by Crippen LogP contribution is -2.14. The van der Waals surface area contributed by atoms with Gasteiger partial charge in [-0.1, -0.05) is 29.5 Å². The van der Waals surface area contributed by atoms with E-state index in [1.807, 2.05) is 19.1 Å². The van der Waals surface area contributed by atoms with Crippen LogP contribution in [0.2, 0.25) is 0 Å². The summed E-state index contributed by atoms with van der Waals surface area (Å²) in [7, 11) is 0.